The zero-order valence-electron chi connectivity index (χ0n) is 42.0. The molecule has 0 saturated carbocycles. The van der Waals surface area contributed by atoms with Crippen LogP contribution >= 0.6 is 0 Å². The fourth-order valence-corrected chi connectivity index (χ4v) is 10.3. The summed E-state index contributed by atoms with van der Waals surface area (Å²) in [6.45, 7) is 16.9. The Balaban J connectivity index is 0.000000179. The van der Waals surface area contributed by atoms with Crippen molar-refractivity contribution in [2.75, 3.05) is 52.4 Å². The lowest BCUT2D eigenvalue weighted by atomic mass is 9.99. The topological polar surface area (TPSA) is 206 Å². The minimum Gasteiger partial charge on any atom is -0.433 e. The monoisotopic (exact) mass is 985 g/mol. The summed E-state index contributed by atoms with van der Waals surface area (Å²) in [5.41, 5.74) is 1.65. The predicted octanol–water partition coefficient (Wildman–Crippen LogP) is 4.97. The van der Waals surface area contributed by atoms with Crippen molar-refractivity contribution >= 4 is 6.16 Å². The van der Waals surface area contributed by atoms with Crippen molar-refractivity contribution in [2.45, 2.75) is 154 Å². The minimum absolute atomic E-state index is 0.213. The molecule has 4 unspecified atom stereocenters. The summed E-state index contributed by atoms with van der Waals surface area (Å²) in [5, 5.41) is 13.3. The second kappa shape index (κ2) is 26.5. The number of benzene rings is 2. The van der Waals surface area contributed by atoms with Crippen molar-refractivity contribution < 1.29 is 28.8 Å². The van der Waals surface area contributed by atoms with Gasteiger partial charge in [0.1, 0.15) is 25.2 Å². The molecular weight excluding hydrogens is 909 g/mol. The van der Waals surface area contributed by atoms with Gasteiger partial charge in [-0.2, -0.15) is 0 Å². The van der Waals surface area contributed by atoms with E-state index in [1.165, 1.54) is 90.9 Å². The normalized spacial score (nSPS) is 25.6. The number of hydrogen-bond acceptors (Lipinski definition) is 14. The summed E-state index contributed by atoms with van der Waals surface area (Å²) < 4.78 is 25.3. The molecule has 0 radical (unpaired) electrons. The van der Waals surface area contributed by atoms with Crippen LogP contribution in [0.2, 0.25) is 0 Å². The highest BCUT2D eigenvalue weighted by Crippen LogP contribution is 2.32. The number of H-pyrrole nitrogens is 2. The number of carbonyl (C=O) groups excluding carboxylic acids is 1. The molecule has 0 aliphatic carbocycles. The molecule has 2 aromatic heterocycles. The summed E-state index contributed by atoms with van der Waals surface area (Å²) in [6, 6.07) is 22.4. The quantitative estimate of drug-likeness (QED) is 0.123. The summed E-state index contributed by atoms with van der Waals surface area (Å²) in [5.74, 6) is 0. The van der Waals surface area contributed by atoms with E-state index >= 15 is 0 Å². The molecule has 5 aliphatic rings. The van der Waals surface area contributed by atoms with Crippen molar-refractivity contribution in [1.29, 1.82) is 0 Å². The SMILES string of the molecule is CC[C@H]1O[C@@H](n2cc(C)c(=O)[nH]c2=O)CC1O.CC[C@H]1O[C@@H](n2cc(C)c(=O)[nH]c2=O)CC1OC(=O)OCCN(Cc1ccccc1)CC1CCCCN1.c1ccc(CN2CCN3CCCCC3C2)cc1. The maximum absolute atomic E-state index is 12.6. The zero-order valence-corrected chi connectivity index (χ0v) is 42.0. The van der Waals surface area contributed by atoms with E-state index in [0.717, 1.165) is 38.6 Å². The molecule has 18 nitrogen and oxygen atoms in total. The molecule has 9 rings (SSSR count). The Kier molecular flexibility index (Phi) is 20.0. The van der Waals surface area contributed by atoms with Crippen LogP contribution in [-0.2, 0) is 32.0 Å². The van der Waals surface area contributed by atoms with Gasteiger partial charge in [0.2, 0.25) is 0 Å². The lowest BCUT2D eigenvalue weighted by Crippen LogP contribution is -2.54. The number of piperazine rings is 1. The third-order valence-electron chi connectivity index (χ3n) is 14.3. The van der Waals surface area contributed by atoms with Crippen molar-refractivity contribution in [3.05, 3.63) is 137 Å². The first kappa shape index (κ1) is 53.6. The smallest absolute Gasteiger partial charge is 0.433 e. The number of aryl methyl sites for hydroxylation is 2. The van der Waals surface area contributed by atoms with Crippen LogP contribution in [0.1, 0.15) is 113 Å². The largest absolute Gasteiger partial charge is 0.508 e. The van der Waals surface area contributed by atoms with Crippen molar-refractivity contribution in [1.82, 2.24) is 39.1 Å². The molecule has 5 aliphatic heterocycles. The summed E-state index contributed by atoms with van der Waals surface area (Å²) in [6.07, 6.45) is 9.13. The molecule has 71 heavy (non-hydrogen) atoms. The number of aromatic amines is 2. The number of fused-ring (bicyclic) bond motifs is 1. The molecule has 5 fully saturated rings. The van der Waals surface area contributed by atoms with Crippen molar-refractivity contribution in [3.63, 3.8) is 0 Å². The first-order valence-electron chi connectivity index (χ1n) is 25.8. The van der Waals surface area contributed by atoms with Gasteiger partial charge in [0.15, 0.2) is 0 Å². The molecule has 0 spiro atoms. The molecular formula is C53H76N8O10. The van der Waals surface area contributed by atoms with Gasteiger partial charge < -0.3 is 29.4 Å². The standard InChI is InChI=1S/C27H38N4O6.C15H22N2.C11H16N2O4/c1-3-22-23(15-24(36-22)31-16-19(2)25(32)29-26(31)33)37-27(34)35-14-13-30(17-20-9-5-4-6-10-20)18-21-11-7-8-12-28-21;1-2-6-14(7-3-1)12-16-10-11-17-9-5-4-8-15(17)13-16;1-3-8-7(14)4-9(17-8)13-5-6(2)10(15)12-11(13)16/h4-6,9-10,16,21-24,28H,3,7-8,11-15,17-18H2,1-2H3,(H,29,32,33);1-3,6-7,15H,4-5,8-13H2;5,7-9,14H,3-4H2,1-2H3,(H,12,15,16)/t21?,22-,23?,24-;;7?,8-,9-/m1.1/s1. The van der Waals surface area contributed by atoms with Gasteiger partial charge in [-0.3, -0.25) is 43.4 Å². The first-order chi connectivity index (χ1) is 34.4. The number of rotatable bonds is 14. The molecule has 5 saturated heterocycles. The van der Waals surface area contributed by atoms with Crippen LogP contribution in [0.4, 0.5) is 4.79 Å². The second-order valence-corrected chi connectivity index (χ2v) is 19.6. The fraction of sp³-hybridized carbons (Fsp3) is 0.604. The Labute approximate surface area is 416 Å². The van der Waals surface area contributed by atoms with Gasteiger partial charge >= 0.3 is 17.5 Å². The van der Waals surface area contributed by atoms with Gasteiger partial charge in [0.05, 0.1) is 18.3 Å². The fourth-order valence-electron chi connectivity index (χ4n) is 10.3. The first-order valence-corrected chi connectivity index (χ1v) is 25.8. The predicted molar refractivity (Wildman–Crippen MR) is 270 cm³/mol. The van der Waals surface area contributed by atoms with E-state index in [0.29, 0.717) is 49.4 Å². The van der Waals surface area contributed by atoms with E-state index in [1.807, 2.05) is 32.0 Å². The minimum atomic E-state index is -0.742. The average molecular weight is 985 g/mol. The van der Waals surface area contributed by atoms with Crippen LogP contribution in [0, 0.1) is 13.8 Å². The van der Waals surface area contributed by atoms with Gasteiger partial charge in [0, 0.05) is 94.3 Å². The summed E-state index contributed by atoms with van der Waals surface area (Å²) >= 11 is 0. The molecule has 7 heterocycles. The van der Waals surface area contributed by atoms with Gasteiger partial charge in [-0.25, -0.2) is 14.4 Å². The van der Waals surface area contributed by atoms with Crippen LogP contribution in [0.25, 0.3) is 0 Å². The van der Waals surface area contributed by atoms with E-state index in [9.17, 15) is 29.1 Å². The number of nitrogens with one attached hydrogen (secondary N) is 3. The lowest BCUT2D eigenvalue weighted by molar-refractivity contribution is -0.0383. The maximum Gasteiger partial charge on any atom is 0.508 e. The molecule has 4 N–H and O–H groups in total. The highest BCUT2D eigenvalue weighted by Gasteiger charge is 2.39. The number of carbonyl (C=O) groups is 1. The Morgan fingerprint density at radius 3 is 2.00 bits per heavy atom. The van der Waals surface area contributed by atoms with E-state index in [1.54, 1.807) is 13.8 Å². The van der Waals surface area contributed by atoms with Crippen LogP contribution < -0.4 is 27.8 Å². The number of nitrogens with zero attached hydrogens (tertiary/aromatic N) is 5. The zero-order chi connectivity index (χ0) is 50.3. The summed E-state index contributed by atoms with van der Waals surface area (Å²) in [4.78, 5) is 71.5. The second-order valence-electron chi connectivity index (χ2n) is 19.6. The number of aliphatic hydroxyl groups is 1. The molecule has 4 aromatic rings. The van der Waals surface area contributed by atoms with E-state index in [2.05, 4.69) is 72.4 Å². The Morgan fingerprint density at radius 2 is 1.38 bits per heavy atom. The van der Waals surface area contributed by atoms with Crippen LogP contribution in [-0.4, -0.2) is 134 Å². The Morgan fingerprint density at radius 1 is 0.761 bits per heavy atom. The van der Waals surface area contributed by atoms with Crippen LogP contribution in [0.5, 0.6) is 0 Å². The highest BCUT2D eigenvalue weighted by atomic mass is 16.7. The molecule has 8 atom stereocenters. The van der Waals surface area contributed by atoms with E-state index < -0.39 is 53.3 Å². The van der Waals surface area contributed by atoms with Crippen LogP contribution in [0.15, 0.2) is 92.2 Å². The average Bonchev–Trinajstić information content (AvgIpc) is 3.97. The third-order valence-corrected chi connectivity index (χ3v) is 14.3. The van der Waals surface area contributed by atoms with E-state index in [4.69, 9.17) is 18.9 Å². The summed E-state index contributed by atoms with van der Waals surface area (Å²) in [7, 11) is 0. The Hall–Kier alpha value is -5.21. The van der Waals surface area contributed by atoms with Gasteiger partial charge in [0.25, 0.3) is 11.1 Å². The molecule has 18 heteroatoms. The highest BCUT2D eigenvalue weighted by molar-refractivity contribution is 5.60. The van der Waals surface area contributed by atoms with Gasteiger partial charge in [-0.05, 0) is 76.6 Å². The molecule has 388 valence electrons. The van der Waals surface area contributed by atoms with Crippen LogP contribution in [0.3, 0.4) is 0 Å². The van der Waals surface area contributed by atoms with E-state index in [-0.39, 0.29) is 18.8 Å². The molecule has 2 aromatic carbocycles. The van der Waals surface area contributed by atoms with Crippen molar-refractivity contribution in [3.8, 4) is 0 Å². The lowest BCUT2D eigenvalue weighted by Gasteiger charge is -2.44. The maximum atomic E-state index is 12.6. The molecule has 0 amide bonds. The number of ether oxygens (including phenoxy) is 4. The number of piperidine rings is 2. The van der Waals surface area contributed by atoms with Crippen molar-refractivity contribution in [2.24, 2.45) is 0 Å². The number of aromatic nitrogens is 4. The molecule has 0 bridgehead atoms. The Bertz CT molecular complexity index is 2510. The third kappa shape index (κ3) is 15.4. The number of aliphatic hydroxyl groups excluding tert-OH is 1. The van der Waals surface area contributed by atoms with Gasteiger partial charge in [-0.1, -0.05) is 87.4 Å². The van der Waals surface area contributed by atoms with Gasteiger partial charge in [-0.15, -0.1) is 0 Å². The number of hydrogen-bond donors (Lipinski definition) is 4.